The zero-order chi connectivity index (χ0) is 16.1. The Balaban J connectivity index is 1.87. The third kappa shape index (κ3) is 4.14. The van der Waals surface area contributed by atoms with Crippen molar-refractivity contribution in [1.29, 1.82) is 0 Å². The fourth-order valence-corrected chi connectivity index (χ4v) is 3.82. The average molecular weight is 310 g/mol. The summed E-state index contributed by atoms with van der Waals surface area (Å²) in [7, 11) is 0. The Morgan fingerprint density at radius 3 is 2.45 bits per heavy atom. The van der Waals surface area contributed by atoms with E-state index in [0.717, 1.165) is 38.6 Å². The minimum atomic E-state index is -0.697. The quantitative estimate of drug-likeness (QED) is 0.837. The Labute approximate surface area is 133 Å². The van der Waals surface area contributed by atoms with E-state index in [4.69, 9.17) is 5.11 Å². The number of nitrogens with zero attached hydrogens (tertiary/aromatic N) is 1. The van der Waals surface area contributed by atoms with Crippen molar-refractivity contribution < 1.29 is 14.7 Å². The highest BCUT2D eigenvalue weighted by atomic mass is 16.4. The van der Waals surface area contributed by atoms with Crippen molar-refractivity contribution in [2.75, 3.05) is 6.54 Å². The number of hydrogen-bond acceptors (Lipinski definition) is 2. The Kier molecular flexibility index (Phi) is 6.09. The van der Waals surface area contributed by atoms with E-state index >= 15 is 0 Å². The van der Waals surface area contributed by atoms with Crippen LogP contribution in [0.5, 0.6) is 0 Å². The zero-order valence-corrected chi connectivity index (χ0v) is 13.9. The molecule has 1 heterocycles. The van der Waals surface area contributed by atoms with E-state index in [1.165, 1.54) is 6.42 Å². The maximum Gasteiger partial charge on any atom is 0.317 e. The van der Waals surface area contributed by atoms with Crippen molar-refractivity contribution in [3.05, 3.63) is 0 Å². The first kappa shape index (κ1) is 17.1. The van der Waals surface area contributed by atoms with Crippen LogP contribution in [0.2, 0.25) is 0 Å². The van der Waals surface area contributed by atoms with Gasteiger partial charge in [0.05, 0.1) is 5.92 Å². The van der Waals surface area contributed by atoms with E-state index in [0.29, 0.717) is 24.8 Å². The van der Waals surface area contributed by atoms with Crippen LogP contribution >= 0.6 is 0 Å². The van der Waals surface area contributed by atoms with Crippen molar-refractivity contribution in [2.24, 2.45) is 11.8 Å². The number of carbonyl (C=O) groups excluding carboxylic acids is 1. The lowest BCUT2D eigenvalue weighted by molar-refractivity contribution is -0.142. The van der Waals surface area contributed by atoms with Gasteiger partial charge in [0.15, 0.2) is 0 Å². The van der Waals surface area contributed by atoms with Crippen LogP contribution in [0.4, 0.5) is 4.79 Å². The van der Waals surface area contributed by atoms with E-state index in [9.17, 15) is 9.59 Å². The van der Waals surface area contributed by atoms with E-state index in [1.54, 1.807) is 0 Å². The average Bonchev–Trinajstić information content (AvgIpc) is 2.54. The van der Waals surface area contributed by atoms with Gasteiger partial charge in [-0.05, 0) is 50.9 Å². The minimum Gasteiger partial charge on any atom is -0.481 e. The molecule has 22 heavy (non-hydrogen) atoms. The van der Waals surface area contributed by atoms with Gasteiger partial charge >= 0.3 is 12.0 Å². The molecule has 0 aromatic rings. The van der Waals surface area contributed by atoms with Gasteiger partial charge < -0.3 is 15.3 Å². The summed E-state index contributed by atoms with van der Waals surface area (Å²) in [6.07, 6.45) is 7.42. The first-order chi connectivity index (χ1) is 10.5. The molecule has 1 saturated carbocycles. The standard InChI is InChI=1S/C17H30N2O3/c1-3-12(2)15-6-4-5-11-19(15)17(22)18-14-9-7-13(8-10-14)16(20)21/h12-15H,3-11H2,1-2H3,(H,18,22)(H,20,21). The van der Waals surface area contributed by atoms with E-state index < -0.39 is 5.97 Å². The first-order valence-corrected chi connectivity index (χ1v) is 8.82. The SMILES string of the molecule is CCC(C)C1CCCCN1C(=O)NC1CCC(C(=O)O)CC1. The number of urea groups is 1. The largest absolute Gasteiger partial charge is 0.481 e. The number of nitrogens with one attached hydrogen (secondary N) is 1. The Morgan fingerprint density at radius 2 is 1.86 bits per heavy atom. The normalized spacial score (nSPS) is 30.6. The molecule has 2 fully saturated rings. The lowest BCUT2D eigenvalue weighted by Gasteiger charge is -2.40. The molecule has 2 N–H and O–H groups in total. The molecule has 5 nitrogen and oxygen atoms in total. The summed E-state index contributed by atoms with van der Waals surface area (Å²) in [5, 5.41) is 12.2. The second kappa shape index (κ2) is 7.84. The number of carbonyl (C=O) groups is 2. The highest BCUT2D eigenvalue weighted by Gasteiger charge is 2.32. The van der Waals surface area contributed by atoms with E-state index in [-0.39, 0.29) is 18.0 Å². The van der Waals surface area contributed by atoms with Crippen LogP contribution < -0.4 is 5.32 Å². The van der Waals surface area contributed by atoms with Gasteiger partial charge in [-0.2, -0.15) is 0 Å². The fraction of sp³-hybridized carbons (Fsp3) is 0.882. The molecule has 1 aliphatic heterocycles. The van der Waals surface area contributed by atoms with Crippen molar-refractivity contribution in [3.8, 4) is 0 Å². The molecule has 2 unspecified atom stereocenters. The molecule has 2 aliphatic rings. The molecule has 126 valence electrons. The van der Waals surface area contributed by atoms with Crippen molar-refractivity contribution in [1.82, 2.24) is 10.2 Å². The summed E-state index contributed by atoms with van der Waals surface area (Å²) in [6, 6.07) is 0.556. The van der Waals surface area contributed by atoms with E-state index in [2.05, 4.69) is 19.2 Å². The molecule has 5 heteroatoms. The van der Waals surface area contributed by atoms with Crippen molar-refractivity contribution in [3.63, 3.8) is 0 Å². The molecular formula is C17H30N2O3. The van der Waals surface area contributed by atoms with Crippen LogP contribution in [0.1, 0.15) is 65.2 Å². The Morgan fingerprint density at radius 1 is 1.18 bits per heavy atom. The third-order valence-electron chi connectivity index (χ3n) is 5.51. The highest BCUT2D eigenvalue weighted by molar-refractivity contribution is 5.75. The van der Waals surface area contributed by atoms with Gasteiger partial charge in [-0.1, -0.05) is 20.3 Å². The van der Waals surface area contributed by atoms with Crippen LogP contribution in [-0.2, 0) is 4.79 Å². The lowest BCUT2D eigenvalue weighted by Crippen LogP contribution is -2.53. The molecular weight excluding hydrogens is 280 g/mol. The number of amides is 2. The number of likely N-dealkylation sites (tertiary alicyclic amines) is 1. The maximum absolute atomic E-state index is 12.6. The number of carboxylic acids is 1. The predicted octanol–water partition coefficient (Wildman–Crippen LogP) is 3.24. The molecule has 0 radical (unpaired) electrons. The van der Waals surface area contributed by atoms with Crippen LogP contribution in [0.3, 0.4) is 0 Å². The Hall–Kier alpha value is -1.26. The van der Waals surface area contributed by atoms with Crippen molar-refractivity contribution >= 4 is 12.0 Å². The molecule has 0 spiro atoms. The van der Waals surface area contributed by atoms with Gasteiger partial charge in [0.1, 0.15) is 0 Å². The second-order valence-electron chi connectivity index (χ2n) is 6.98. The number of rotatable bonds is 4. The summed E-state index contributed by atoms with van der Waals surface area (Å²) in [6.45, 7) is 5.27. The predicted molar refractivity (Wildman–Crippen MR) is 85.7 cm³/mol. The minimum absolute atomic E-state index is 0.0591. The topological polar surface area (TPSA) is 69.6 Å². The van der Waals surface area contributed by atoms with Crippen LogP contribution in [-0.4, -0.2) is 40.6 Å². The van der Waals surface area contributed by atoms with Crippen molar-refractivity contribution in [2.45, 2.75) is 77.3 Å². The highest BCUT2D eigenvalue weighted by Crippen LogP contribution is 2.27. The number of piperidine rings is 1. The number of hydrogen-bond donors (Lipinski definition) is 2. The maximum atomic E-state index is 12.6. The van der Waals surface area contributed by atoms with Crippen LogP contribution in [0.25, 0.3) is 0 Å². The van der Waals surface area contributed by atoms with Gasteiger partial charge in [-0.3, -0.25) is 4.79 Å². The fourth-order valence-electron chi connectivity index (χ4n) is 3.82. The molecule has 2 rings (SSSR count). The van der Waals surface area contributed by atoms with Crippen LogP contribution in [0.15, 0.2) is 0 Å². The summed E-state index contributed by atoms with van der Waals surface area (Å²) in [5.74, 6) is -0.387. The van der Waals surface area contributed by atoms with Gasteiger partial charge in [0.2, 0.25) is 0 Å². The molecule has 0 aromatic carbocycles. The van der Waals surface area contributed by atoms with E-state index in [1.807, 2.05) is 4.90 Å². The number of aliphatic carboxylic acids is 1. The van der Waals surface area contributed by atoms with Gasteiger partial charge in [0.25, 0.3) is 0 Å². The first-order valence-electron chi connectivity index (χ1n) is 8.82. The third-order valence-corrected chi connectivity index (χ3v) is 5.51. The molecule has 0 bridgehead atoms. The summed E-state index contributed by atoms with van der Waals surface area (Å²) < 4.78 is 0. The molecule has 2 amide bonds. The number of carboxylic acid groups (broad SMARTS) is 1. The zero-order valence-electron chi connectivity index (χ0n) is 13.9. The summed E-state index contributed by atoms with van der Waals surface area (Å²) >= 11 is 0. The summed E-state index contributed by atoms with van der Waals surface area (Å²) in [5.41, 5.74) is 0. The molecule has 0 aromatic heterocycles. The van der Waals surface area contributed by atoms with Gasteiger partial charge in [0, 0.05) is 18.6 Å². The van der Waals surface area contributed by atoms with Gasteiger partial charge in [-0.15, -0.1) is 0 Å². The smallest absolute Gasteiger partial charge is 0.317 e. The molecule has 1 aliphatic carbocycles. The molecule has 1 saturated heterocycles. The van der Waals surface area contributed by atoms with Gasteiger partial charge in [-0.25, -0.2) is 4.79 Å². The lowest BCUT2D eigenvalue weighted by atomic mass is 9.86. The summed E-state index contributed by atoms with van der Waals surface area (Å²) in [4.78, 5) is 25.6. The monoisotopic (exact) mass is 310 g/mol. The molecule has 2 atom stereocenters. The Bertz CT molecular complexity index is 391. The second-order valence-corrected chi connectivity index (χ2v) is 6.98. The van der Waals surface area contributed by atoms with Crippen LogP contribution in [0, 0.1) is 11.8 Å².